The van der Waals surface area contributed by atoms with Gasteiger partial charge in [-0.1, -0.05) is 0 Å². The van der Waals surface area contributed by atoms with E-state index in [0.717, 1.165) is 0 Å². The molecule has 0 unspecified atom stereocenters. The van der Waals surface area contributed by atoms with E-state index in [1.807, 2.05) is 0 Å². The van der Waals surface area contributed by atoms with Crippen molar-refractivity contribution in [2.24, 2.45) is 0 Å². The van der Waals surface area contributed by atoms with Gasteiger partial charge in [-0.2, -0.15) is 0 Å². The molecule has 0 heterocycles. The molecule has 0 aromatic heterocycles. The van der Waals surface area contributed by atoms with Crippen molar-refractivity contribution in [1.29, 1.82) is 0 Å². The number of hydrogen-bond donors (Lipinski definition) is 2. The summed E-state index contributed by atoms with van der Waals surface area (Å²) in [6.07, 6.45) is 0. The zero-order valence-corrected chi connectivity index (χ0v) is 12.7. The van der Waals surface area contributed by atoms with E-state index in [1.54, 1.807) is 30.3 Å². The molecule has 0 radical (unpaired) electrons. The standard InChI is InChI=1S/C15H12BrNO4/c1-9(18)21-12-5-2-10(3-6-12)15(20)17-14-7-4-11(19)8-13(14)16/h2-8,19H,1H3,(H,17,20). The number of benzene rings is 2. The molecule has 5 nitrogen and oxygen atoms in total. The number of hydrogen-bond acceptors (Lipinski definition) is 4. The minimum atomic E-state index is -0.416. The van der Waals surface area contributed by atoms with Crippen molar-refractivity contribution in [3.63, 3.8) is 0 Å². The molecule has 0 aliphatic carbocycles. The Bertz CT molecular complexity index is 683. The Kier molecular flexibility index (Phi) is 4.59. The maximum atomic E-state index is 12.1. The van der Waals surface area contributed by atoms with Gasteiger partial charge in [0, 0.05) is 17.0 Å². The number of nitrogens with one attached hydrogen (secondary N) is 1. The number of rotatable bonds is 3. The van der Waals surface area contributed by atoms with E-state index < -0.39 is 5.97 Å². The summed E-state index contributed by atoms with van der Waals surface area (Å²) in [4.78, 5) is 22.9. The van der Waals surface area contributed by atoms with Crippen LogP contribution >= 0.6 is 15.9 Å². The first-order valence-electron chi connectivity index (χ1n) is 6.04. The Labute approximate surface area is 129 Å². The zero-order chi connectivity index (χ0) is 15.4. The van der Waals surface area contributed by atoms with E-state index in [-0.39, 0.29) is 11.7 Å². The minimum absolute atomic E-state index is 0.102. The van der Waals surface area contributed by atoms with Crippen molar-refractivity contribution in [2.75, 3.05) is 5.32 Å². The van der Waals surface area contributed by atoms with Crippen molar-refractivity contribution in [3.8, 4) is 11.5 Å². The predicted molar refractivity (Wildman–Crippen MR) is 81.5 cm³/mol. The normalized spacial score (nSPS) is 10.0. The minimum Gasteiger partial charge on any atom is -0.508 e. The number of phenolic OH excluding ortho intramolecular Hbond substituents is 1. The fourth-order valence-corrected chi connectivity index (χ4v) is 2.11. The van der Waals surface area contributed by atoms with E-state index in [9.17, 15) is 14.7 Å². The largest absolute Gasteiger partial charge is 0.508 e. The number of halogens is 1. The van der Waals surface area contributed by atoms with Gasteiger partial charge >= 0.3 is 5.97 Å². The average Bonchev–Trinajstić information content (AvgIpc) is 2.42. The Balaban J connectivity index is 2.11. The Hall–Kier alpha value is -2.34. The molecule has 0 saturated carbocycles. The summed E-state index contributed by atoms with van der Waals surface area (Å²) in [5.41, 5.74) is 0.965. The van der Waals surface area contributed by atoms with Crippen molar-refractivity contribution in [1.82, 2.24) is 0 Å². The number of anilines is 1. The van der Waals surface area contributed by atoms with Crippen LogP contribution in [0, 0.1) is 0 Å². The molecule has 1 amide bonds. The van der Waals surface area contributed by atoms with Crippen molar-refractivity contribution in [2.45, 2.75) is 6.92 Å². The molecule has 0 fully saturated rings. The maximum Gasteiger partial charge on any atom is 0.308 e. The fraction of sp³-hybridized carbons (Fsp3) is 0.0667. The number of aromatic hydroxyl groups is 1. The predicted octanol–water partition coefficient (Wildman–Crippen LogP) is 3.33. The zero-order valence-electron chi connectivity index (χ0n) is 11.1. The van der Waals surface area contributed by atoms with Crippen LogP contribution in [0.3, 0.4) is 0 Å². The van der Waals surface area contributed by atoms with Crippen LogP contribution < -0.4 is 10.1 Å². The summed E-state index contributed by atoms with van der Waals surface area (Å²) in [5.74, 6) is -0.244. The Morgan fingerprint density at radius 1 is 1.14 bits per heavy atom. The van der Waals surface area contributed by atoms with Gasteiger partial charge in [-0.3, -0.25) is 9.59 Å². The number of esters is 1. The smallest absolute Gasteiger partial charge is 0.308 e. The van der Waals surface area contributed by atoms with Gasteiger partial charge < -0.3 is 15.2 Å². The second kappa shape index (κ2) is 6.41. The van der Waals surface area contributed by atoms with E-state index in [0.29, 0.717) is 21.5 Å². The molecule has 0 saturated heterocycles. The molecule has 6 heteroatoms. The van der Waals surface area contributed by atoms with Crippen LogP contribution in [0.25, 0.3) is 0 Å². The number of ether oxygens (including phenoxy) is 1. The number of carbonyl (C=O) groups is 2. The molecular formula is C15H12BrNO4. The van der Waals surface area contributed by atoms with Gasteiger partial charge in [0.1, 0.15) is 11.5 Å². The van der Waals surface area contributed by atoms with Crippen LogP contribution in [0.2, 0.25) is 0 Å². The Morgan fingerprint density at radius 2 is 1.81 bits per heavy atom. The van der Waals surface area contributed by atoms with E-state index in [2.05, 4.69) is 21.2 Å². The van der Waals surface area contributed by atoms with Gasteiger partial charge in [-0.25, -0.2) is 0 Å². The molecule has 0 spiro atoms. The van der Waals surface area contributed by atoms with Gasteiger partial charge in [-0.15, -0.1) is 0 Å². The molecule has 0 bridgehead atoms. The molecule has 0 aliphatic rings. The fourth-order valence-electron chi connectivity index (χ4n) is 1.64. The topological polar surface area (TPSA) is 75.6 Å². The second-order valence-electron chi connectivity index (χ2n) is 4.24. The van der Waals surface area contributed by atoms with E-state index in [4.69, 9.17) is 4.74 Å². The van der Waals surface area contributed by atoms with Crippen LogP contribution in [-0.2, 0) is 4.79 Å². The van der Waals surface area contributed by atoms with Gasteiger partial charge in [0.25, 0.3) is 5.91 Å². The average molecular weight is 350 g/mol. The summed E-state index contributed by atoms with van der Waals surface area (Å²) in [5, 5.41) is 12.0. The lowest BCUT2D eigenvalue weighted by molar-refractivity contribution is -0.131. The van der Waals surface area contributed by atoms with Crippen LogP contribution in [-0.4, -0.2) is 17.0 Å². The summed E-state index contributed by atoms with van der Waals surface area (Å²) in [6, 6.07) is 10.8. The third-order valence-electron chi connectivity index (χ3n) is 2.58. The highest BCUT2D eigenvalue weighted by Crippen LogP contribution is 2.27. The molecule has 0 atom stereocenters. The molecule has 2 rings (SSSR count). The van der Waals surface area contributed by atoms with Crippen LogP contribution in [0.4, 0.5) is 5.69 Å². The highest BCUT2D eigenvalue weighted by Gasteiger charge is 2.09. The van der Waals surface area contributed by atoms with Crippen molar-refractivity contribution in [3.05, 3.63) is 52.5 Å². The molecule has 2 N–H and O–H groups in total. The molecule has 2 aromatic rings. The first kappa shape index (κ1) is 15.1. The lowest BCUT2D eigenvalue weighted by Crippen LogP contribution is -2.12. The molecule has 108 valence electrons. The lowest BCUT2D eigenvalue weighted by Gasteiger charge is -2.08. The molecule has 0 aliphatic heterocycles. The van der Waals surface area contributed by atoms with Crippen LogP contribution in [0.1, 0.15) is 17.3 Å². The highest BCUT2D eigenvalue weighted by molar-refractivity contribution is 9.10. The van der Waals surface area contributed by atoms with E-state index >= 15 is 0 Å². The number of phenols is 1. The third-order valence-corrected chi connectivity index (χ3v) is 3.24. The number of amides is 1. The third kappa shape index (κ3) is 4.06. The van der Waals surface area contributed by atoms with Gasteiger partial charge in [-0.05, 0) is 58.4 Å². The van der Waals surface area contributed by atoms with Gasteiger partial charge in [0.05, 0.1) is 5.69 Å². The quantitative estimate of drug-likeness (QED) is 0.506. The summed E-state index contributed by atoms with van der Waals surface area (Å²) >= 11 is 3.25. The maximum absolute atomic E-state index is 12.1. The molecular weight excluding hydrogens is 338 g/mol. The number of carbonyl (C=O) groups excluding carboxylic acids is 2. The van der Waals surface area contributed by atoms with Crippen LogP contribution in [0.15, 0.2) is 46.9 Å². The Morgan fingerprint density at radius 3 is 2.38 bits per heavy atom. The van der Waals surface area contributed by atoms with Gasteiger partial charge in [0.2, 0.25) is 0 Å². The summed E-state index contributed by atoms with van der Waals surface area (Å²) < 4.78 is 5.47. The van der Waals surface area contributed by atoms with Crippen molar-refractivity contribution < 1.29 is 19.4 Å². The lowest BCUT2D eigenvalue weighted by atomic mass is 10.2. The van der Waals surface area contributed by atoms with Gasteiger partial charge in [0.15, 0.2) is 0 Å². The monoisotopic (exact) mass is 349 g/mol. The SMILES string of the molecule is CC(=O)Oc1ccc(C(=O)Nc2ccc(O)cc2Br)cc1. The first-order chi connectivity index (χ1) is 9.95. The summed E-state index contributed by atoms with van der Waals surface area (Å²) in [6.45, 7) is 1.31. The van der Waals surface area contributed by atoms with Crippen LogP contribution in [0.5, 0.6) is 11.5 Å². The van der Waals surface area contributed by atoms with E-state index in [1.165, 1.54) is 19.1 Å². The molecule has 2 aromatic carbocycles. The second-order valence-corrected chi connectivity index (χ2v) is 5.09. The molecule has 21 heavy (non-hydrogen) atoms. The first-order valence-corrected chi connectivity index (χ1v) is 6.83. The van der Waals surface area contributed by atoms with Crippen molar-refractivity contribution >= 4 is 33.5 Å². The highest BCUT2D eigenvalue weighted by atomic mass is 79.9. The summed E-state index contributed by atoms with van der Waals surface area (Å²) in [7, 11) is 0.